The third-order valence-electron chi connectivity index (χ3n) is 12.9. The Hall–Kier alpha value is -0.840. The van der Waals surface area contributed by atoms with Crippen LogP contribution >= 0.6 is 127 Å². The van der Waals surface area contributed by atoms with Crippen molar-refractivity contribution in [2.45, 2.75) is 115 Å². The molecule has 0 radical (unpaired) electrons. The molecule has 0 bridgehead atoms. The molecule has 62 heavy (non-hydrogen) atoms. The van der Waals surface area contributed by atoms with Crippen molar-refractivity contribution in [3.63, 3.8) is 0 Å². The summed E-state index contributed by atoms with van der Waals surface area (Å²) in [6.07, 6.45) is 17.8. The molecule has 0 fully saturated rings. The van der Waals surface area contributed by atoms with Crippen LogP contribution in [-0.2, 0) is 10.8 Å². The average molecular weight is 1340 g/mol. The summed E-state index contributed by atoms with van der Waals surface area (Å²) in [5.41, 5.74) is 13.5. The Labute approximate surface area is 437 Å². The van der Waals surface area contributed by atoms with Crippen LogP contribution in [0.4, 0.5) is 0 Å². The fraction of sp³-hybridized carbons (Fsp3) is 0.333. The fourth-order valence-electron chi connectivity index (χ4n) is 10.4. The quantitative estimate of drug-likeness (QED) is 0.0848. The van der Waals surface area contributed by atoms with E-state index in [2.05, 4.69) is 238 Å². The van der Waals surface area contributed by atoms with Gasteiger partial charge in [0.25, 0.3) is 0 Å². The van der Waals surface area contributed by atoms with E-state index in [1.807, 2.05) is 12.1 Å². The monoisotopic (exact) mass is 1330 g/mol. The molecule has 0 amide bonds. The lowest BCUT2D eigenvalue weighted by molar-refractivity contribution is 0.263. The molecule has 0 nitrogen and oxygen atoms in total. The summed E-state index contributed by atoms with van der Waals surface area (Å²) >= 11 is 29.8. The van der Waals surface area contributed by atoms with Crippen LogP contribution in [0.15, 0.2) is 145 Å². The summed E-state index contributed by atoms with van der Waals surface area (Å²) in [5.74, 6) is 0. The number of fused-ring (bicyclic) bond motifs is 6. The van der Waals surface area contributed by atoms with Gasteiger partial charge in [0.05, 0.1) is 0 Å². The van der Waals surface area contributed by atoms with Crippen molar-refractivity contribution < 1.29 is 0 Å². The molecule has 0 aromatic heterocycles. The van der Waals surface area contributed by atoms with E-state index in [0.29, 0.717) is 0 Å². The van der Waals surface area contributed by atoms with Gasteiger partial charge in [-0.3, -0.25) is 0 Å². The van der Waals surface area contributed by atoms with Gasteiger partial charge in [-0.25, -0.2) is 0 Å². The maximum Gasteiger partial charge on any atom is 0.0353 e. The van der Waals surface area contributed by atoms with Crippen molar-refractivity contribution in [3.05, 3.63) is 167 Å². The summed E-state index contributed by atoms with van der Waals surface area (Å²) in [6, 6.07) is 40.9. The summed E-state index contributed by atoms with van der Waals surface area (Å²) in [6.45, 7) is 4.63. The molecular weight excluding hydrogens is 1290 g/mol. The van der Waals surface area contributed by atoms with Gasteiger partial charge in [0, 0.05) is 46.6 Å². The smallest absolute Gasteiger partial charge is 0.0353 e. The Morgan fingerprint density at radius 2 is 0.548 bits per heavy atom. The highest BCUT2D eigenvalue weighted by molar-refractivity contribution is 9.12. The number of hydrogen-bond acceptors (Lipinski definition) is 0. The van der Waals surface area contributed by atoms with Crippen LogP contribution in [0.5, 0.6) is 0 Å². The minimum atomic E-state index is -0.221. The van der Waals surface area contributed by atoms with Crippen LogP contribution in [0, 0.1) is 0 Å². The third kappa shape index (κ3) is 10.5. The number of unbranched alkanes of at least 4 members (excludes halogenated alkanes) is 10. The molecule has 2 aliphatic rings. The number of benzene rings is 6. The maximum atomic E-state index is 3.96. The lowest BCUT2D eigenvalue weighted by Gasteiger charge is -2.50. The number of halogens is 8. The van der Waals surface area contributed by atoms with Crippen molar-refractivity contribution in [2.75, 3.05) is 0 Å². The van der Waals surface area contributed by atoms with E-state index in [1.54, 1.807) is 0 Å². The third-order valence-corrected chi connectivity index (χ3v) is 16.7. The van der Waals surface area contributed by atoms with Crippen molar-refractivity contribution >= 4 is 127 Å². The Balaban J connectivity index is 0.000000302. The van der Waals surface area contributed by atoms with Crippen molar-refractivity contribution in [3.8, 4) is 33.4 Å². The summed E-state index contributed by atoms with van der Waals surface area (Å²) in [5, 5.41) is 0. The van der Waals surface area contributed by atoms with Crippen LogP contribution in [0.3, 0.4) is 0 Å². The van der Waals surface area contributed by atoms with E-state index in [9.17, 15) is 0 Å². The summed E-state index contributed by atoms with van der Waals surface area (Å²) in [4.78, 5) is 0. The summed E-state index contributed by atoms with van der Waals surface area (Å²) in [7, 11) is 0. The van der Waals surface area contributed by atoms with Crippen LogP contribution in [0.25, 0.3) is 33.4 Å². The Morgan fingerprint density at radius 1 is 0.290 bits per heavy atom. The lowest BCUT2D eigenvalue weighted by atomic mass is 9.51. The second-order valence-electron chi connectivity index (χ2n) is 16.9. The molecule has 0 aliphatic heterocycles. The molecule has 324 valence electrons. The van der Waals surface area contributed by atoms with Gasteiger partial charge in [-0.05, 0) is 153 Å². The van der Waals surface area contributed by atoms with Crippen molar-refractivity contribution in [1.82, 2.24) is 0 Å². The molecule has 0 heterocycles. The standard InChI is InChI=1S/C42H46Br4.C12H6Br4/c1-3-5-7-9-11-13-23-41(37-25-29(43)15-19-33(37)34-20-16-30(44)26-38(34)41)42(24-14-12-10-8-6-4-2)39-27-31(45)17-21-35(39)36-22-18-32(46)28-40(36)42;13-9-1-7(2-10(14)5-9)8-3-11(15)6-12(16)4-8/h15-22,25-28H,3-14,23-24H2,1-2H3;1-6H. The highest BCUT2D eigenvalue weighted by Gasteiger charge is 2.61. The van der Waals surface area contributed by atoms with Crippen LogP contribution in [0.1, 0.15) is 126 Å². The van der Waals surface area contributed by atoms with Gasteiger partial charge in [-0.1, -0.05) is 243 Å². The predicted octanol–water partition coefficient (Wildman–Crippen LogP) is 21.9. The molecule has 0 unspecified atom stereocenters. The van der Waals surface area contributed by atoms with E-state index in [0.717, 1.165) is 30.7 Å². The van der Waals surface area contributed by atoms with Gasteiger partial charge in [0.1, 0.15) is 0 Å². The van der Waals surface area contributed by atoms with Crippen molar-refractivity contribution in [2.24, 2.45) is 0 Å². The average Bonchev–Trinajstić information content (AvgIpc) is 3.65. The van der Waals surface area contributed by atoms with E-state index in [-0.39, 0.29) is 10.8 Å². The van der Waals surface area contributed by atoms with Gasteiger partial charge in [0.15, 0.2) is 0 Å². The zero-order valence-corrected chi connectivity index (χ0v) is 48.0. The molecule has 2 aliphatic carbocycles. The minimum absolute atomic E-state index is 0.221. The molecule has 0 atom stereocenters. The molecule has 0 spiro atoms. The second kappa shape index (κ2) is 22.3. The SMILES string of the molecule is Brc1cc(Br)cc(-c2cc(Br)cc(Br)c2)c1.CCCCCCCCC1(C2(CCCCCCCC)c3cc(Br)ccc3-c3ccc(Br)cc32)c2cc(Br)ccc2-c2ccc(Br)cc21. The van der Waals surface area contributed by atoms with Gasteiger partial charge < -0.3 is 0 Å². The highest BCUT2D eigenvalue weighted by Crippen LogP contribution is 2.69. The van der Waals surface area contributed by atoms with Gasteiger partial charge >= 0.3 is 0 Å². The summed E-state index contributed by atoms with van der Waals surface area (Å²) < 4.78 is 8.93. The first kappa shape index (κ1) is 49.1. The maximum absolute atomic E-state index is 3.96. The fourth-order valence-corrected chi connectivity index (χ4v) is 14.4. The largest absolute Gasteiger partial charge is 0.0654 e. The van der Waals surface area contributed by atoms with E-state index in [4.69, 9.17) is 0 Å². The van der Waals surface area contributed by atoms with E-state index in [1.165, 1.54) is 151 Å². The Morgan fingerprint density at radius 3 is 0.823 bits per heavy atom. The minimum Gasteiger partial charge on any atom is -0.0654 e. The van der Waals surface area contributed by atoms with Crippen LogP contribution in [-0.4, -0.2) is 0 Å². The number of hydrogen-bond donors (Lipinski definition) is 0. The van der Waals surface area contributed by atoms with Gasteiger partial charge in [-0.2, -0.15) is 0 Å². The second-order valence-corrected chi connectivity index (χ2v) is 24.2. The normalized spacial score (nSPS) is 13.8. The molecule has 0 saturated heterocycles. The zero-order valence-electron chi connectivity index (χ0n) is 35.3. The van der Waals surface area contributed by atoms with Gasteiger partial charge in [-0.15, -0.1) is 0 Å². The molecule has 6 aromatic rings. The predicted molar refractivity (Wildman–Crippen MR) is 295 cm³/mol. The Kier molecular flexibility index (Phi) is 17.7. The van der Waals surface area contributed by atoms with E-state index < -0.39 is 0 Å². The first-order chi connectivity index (χ1) is 29.9. The van der Waals surface area contributed by atoms with Crippen LogP contribution in [0.2, 0.25) is 0 Å². The lowest BCUT2D eigenvalue weighted by Crippen LogP contribution is -2.49. The van der Waals surface area contributed by atoms with Crippen LogP contribution < -0.4 is 0 Å². The molecule has 8 heteroatoms. The number of rotatable bonds is 16. The Bertz CT molecular complexity index is 2200. The molecule has 0 saturated carbocycles. The topological polar surface area (TPSA) is 0 Å². The molecule has 8 rings (SSSR count). The van der Waals surface area contributed by atoms with E-state index >= 15 is 0 Å². The van der Waals surface area contributed by atoms with Crippen molar-refractivity contribution in [1.29, 1.82) is 0 Å². The highest BCUT2D eigenvalue weighted by atomic mass is 79.9. The molecule has 0 N–H and O–H groups in total. The molecule has 6 aromatic carbocycles. The first-order valence-corrected chi connectivity index (χ1v) is 28.4. The zero-order chi connectivity index (χ0) is 44.0. The van der Waals surface area contributed by atoms with Gasteiger partial charge in [0.2, 0.25) is 0 Å². The first-order valence-electron chi connectivity index (χ1n) is 22.0. The molecular formula is C54H52Br8.